The maximum atomic E-state index is 3.56. The van der Waals surface area contributed by atoms with Gasteiger partial charge in [0.05, 0.1) is 0 Å². The Hall–Kier alpha value is 0.180. The van der Waals surface area contributed by atoms with Gasteiger partial charge in [0.25, 0.3) is 0 Å². The number of rotatable bonds is 3. The fourth-order valence-corrected chi connectivity index (χ4v) is 2.17. The number of halogens is 2. The van der Waals surface area contributed by atoms with Crippen LogP contribution in [0, 0.1) is 6.92 Å². The average Bonchev–Trinajstić information content (AvgIpc) is 2.04. The number of alkyl halides is 1. The van der Waals surface area contributed by atoms with Crippen LogP contribution in [0.2, 0.25) is 0 Å². The van der Waals surface area contributed by atoms with Gasteiger partial charge in [-0.3, -0.25) is 0 Å². The van der Waals surface area contributed by atoms with Crippen molar-refractivity contribution in [1.29, 1.82) is 0 Å². The van der Waals surface area contributed by atoms with Crippen molar-refractivity contribution in [2.75, 3.05) is 5.33 Å². The van der Waals surface area contributed by atoms with Crippen LogP contribution in [0.3, 0.4) is 0 Å². The van der Waals surface area contributed by atoms with Gasteiger partial charge in [-0.15, -0.1) is 0 Å². The van der Waals surface area contributed by atoms with Crippen molar-refractivity contribution in [2.24, 2.45) is 0 Å². The molecule has 66 valence electrons. The number of benzene rings is 1. The third kappa shape index (κ3) is 2.60. The molecule has 0 nitrogen and oxygen atoms in total. The van der Waals surface area contributed by atoms with E-state index in [1.54, 1.807) is 0 Å². The first-order chi connectivity index (χ1) is 5.75. The van der Waals surface area contributed by atoms with E-state index in [1.807, 2.05) is 0 Å². The number of hydrogen-bond acceptors (Lipinski definition) is 0. The molecular formula is C10H12Br2. The molecule has 0 aliphatic heterocycles. The molecule has 0 radical (unpaired) electrons. The Labute approximate surface area is 90.6 Å². The zero-order valence-electron chi connectivity index (χ0n) is 7.11. The molecule has 0 unspecified atom stereocenters. The van der Waals surface area contributed by atoms with E-state index < -0.39 is 0 Å². The lowest BCUT2D eigenvalue weighted by Gasteiger charge is -2.06. The van der Waals surface area contributed by atoms with E-state index in [9.17, 15) is 0 Å². The van der Waals surface area contributed by atoms with Crippen LogP contribution in [0.5, 0.6) is 0 Å². The van der Waals surface area contributed by atoms with Crippen LogP contribution >= 0.6 is 31.9 Å². The summed E-state index contributed by atoms with van der Waals surface area (Å²) in [4.78, 5) is 0. The summed E-state index contributed by atoms with van der Waals surface area (Å²) in [6, 6.07) is 6.35. The maximum absolute atomic E-state index is 3.56. The number of aryl methyl sites for hydroxylation is 1. The SMILES string of the molecule is Cc1cccc(Br)c1CCCBr. The van der Waals surface area contributed by atoms with E-state index in [-0.39, 0.29) is 0 Å². The summed E-state index contributed by atoms with van der Waals surface area (Å²) in [5.74, 6) is 0. The molecule has 0 heterocycles. The second kappa shape index (κ2) is 5.03. The Bertz CT molecular complexity index is 236. The monoisotopic (exact) mass is 290 g/mol. The van der Waals surface area contributed by atoms with E-state index in [0.29, 0.717) is 0 Å². The lowest BCUT2D eigenvalue weighted by atomic mass is 10.1. The Kier molecular flexibility index (Phi) is 4.30. The molecule has 0 saturated heterocycles. The molecule has 0 atom stereocenters. The topological polar surface area (TPSA) is 0 Å². The number of hydrogen-bond donors (Lipinski definition) is 0. The zero-order chi connectivity index (χ0) is 8.97. The molecule has 0 aliphatic carbocycles. The molecular weight excluding hydrogens is 280 g/mol. The normalized spacial score (nSPS) is 10.2. The van der Waals surface area contributed by atoms with Crippen LogP contribution in [0.1, 0.15) is 17.5 Å². The smallest absolute Gasteiger partial charge is 0.0209 e. The lowest BCUT2D eigenvalue weighted by molar-refractivity contribution is 0.924. The molecule has 0 fully saturated rings. The second-order valence-electron chi connectivity index (χ2n) is 2.83. The highest BCUT2D eigenvalue weighted by Crippen LogP contribution is 2.21. The van der Waals surface area contributed by atoms with Crippen LogP contribution < -0.4 is 0 Å². The van der Waals surface area contributed by atoms with Gasteiger partial charge in [0.15, 0.2) is 0 Å². The molecule has 0 aromatic heterocycles. The first-order valence-electron chi connectivity index (χ1n) is 4.05. The van der Waals surface area contributed by atoms with Crippen LogP contribution in [0.25, 0.3) is 0 Å². The van der Waals surface area contributed by atoms with Crippen LogP contribution in [0.4, 0.5) is 0 Å². The summed E-state index contributed by atoms with van der Waals surface area (Å²) in [6.07, 6.45) is 2.35. The molecule has 12 heavy (non-hydrogen) atoms. The van der Waals surface area contributed by atoms with Gasteiger partial charge in [0, 0.05) is 9.80 Å². The van der Waals surface area contributed by atoms with Crippen molar-refractivity contribution in [3.63, 3.8) is 0 Å². The lowest BCUT2D eigenvalue weighted by Crippen LogP contribution is -1.91. The summed E-state index contributed by atoms with van der Waals surface area (Å²) in [5.41, 5.74) is 2.82. The maximum Gasteiger partial charge on any atom is 0.0209 e. The molecule has 0 amide bonds. The summed E-state index contributed by atoms with van der Waals surface area (Å²) in [5, 5.41) is 1.08. The Morgan fingerprint density at radius 2 is 2.08 bits per heavy atom. The molecule has 0 bridgehead atoms. The minimum Gasteiger partial charge on any atom is -0.0928 e. The van der Waals surface area contributed by atoms with E-state index >= 15 is 0 Å². The zero-order valence-corrected chi connectivity index (χ0v) is 10.3. The summed E-state index contributed by atoms with van der Waals surface area (Å²) in [6.45, 7) is 2.16. The van der Waals surface area contributed by atoms with Gasteiger partial charge < -0.3 is 0 Å². The Morgan fingerprint density at radius 3 is 2.67 bits per heavy atom. The Balaban J connectivity index is 2.81. The highest BCUT2D eigenvalue weighted by Gasteiger charge is 2.01. The quantitative estimate of drug-likeness (QED) is 0.736. The van der Waals surface area contributed by atoms with Gasteiger partial charge >= 0.3 is 0 Å². The fraction of sp³-hybridized carbons (Fsp3) is 0.400. The van der Waals surface area contributed by atoms with Crippen molar-refractivity contribution < 1.29 is 0 Å². The van der Waals surface area contributed by atoms with Gasteiger partial charge in [-0.25, -0.2) is 0 Å². The summed E-state index contributed by atoms with van der Waals surface area (Å²) in [7, 11) is 0. The van der Waals surface area contributed by atoms with E-state index in [0.717, 1.165) is 11.8 Å². The van der Waals surface area contributed by atoms with Crippen molar-refractivity contribution in [1.82, 2.24) is 0 Å². The predicted molar refractivity (Wildman–Crippen MR) is 61.0 cm³/mol. The summed E-state index contributed by atoms with van der Waals surface area (Å²) >= 11 is 7.00. The minimum absolute atomic E-state index is 1.08. The summed E-state index contributed by atoms with van der Waals surface area (Å²) < 4.78 is 1.24. The van der Waals surface area contributed by atoms with Gasteiger partial charge in [0.1, 0.15) is 0 Å². The molecule has 0 aliphatic rings. The third-order valence-electron chi connectivity index (χ3n) is 1.91. The van der Waals surface area contributed by atoms with Gasteiger partial charge in [-0.05, 0) is 37.0 Å². The highest BCUT2D eigenvalue weighted by molar-refractivity contribution is 9.10. The standard InChI is InChI=1S/C10H12Br2/c1-8-4-2-6-10(12)9(8)5-3-7-11/h2,4,6H,3,5,7H2,1H3. The first-order valence-corrected chi connectivity index (χ1v) is 5.97. The molecule has 1 aromatic rings. The molecule has 0 spiro atoms. The van der Waals surface area contributed by atoms with Crippen molar-refractivity contribution in [3.05, 3.63) is 33.8 Å². The molecule has 0 saturated carbocycles. The van der Waals surface area contributed by atoms with E-state index in [1.165, 1.54) is 22.0 Å². The van der Waals surface area contributed by atoms with Gasteiger partial charge in [-0.2, -0.15) is 0 Å². The van der Waals surface area contributed by atoms with E-state index in [4.69, 9.17) is 0 Å². The van der Waals surface area contributed by atoms with Crippen molar-refractivity contribution in [2.45, 2.75) is 19.8 Å². The van der Waals surface area contributed by atoms with Crippen molar-refractivity contribution in [3.8, 4) is 0 Å². The predicted octanol–water partition coefficient (Wildman–Crippen LogP) is 4.09. The van der Waals surface area contributed by atoms with Crippen LogP contribution in [0.15, 0.2) is 22.7 Å². The Morgan fingerprint density at radius 1 is 1.33 bits per heavy atom. The molecule has 1 aromatic carbocycles. The third-order valence-corrected chi connectivity index (χ3v) is 3.22. The molecule has 2 heteroatoms. The van der Waals surface area contributed by atoms with Gasteiger partial charge in [0.2, 0.25) is 0 Å². The van der Waals surface area contributed by atoms with Crippen molar-refractivity contribution >= 4 is 31.9 Å². The average molecular weight is 292 g/mol. The molecule has 1 rings (SSSR count). The first kappa shape index (κ1) is 10.3. The fourth-order valence-electron chi connectivity index (χ4n) is 1.23. The highest BCUT2D eigenvalue weighted by atomic mass is 79.9. The second-order valence-corrected chi connectivity index (χ2v) is 4.48. The largest absolute Gasteiger partial charge is 0.0928 e. The molecule has 0 N–H and O–H groups in total. The van der Waals surface area contributed by atoms with Crippen LogP contribution in [-0.4, -0.2) is 5.33 Å². The van der Waals surface area contributed by atoms with E-state index in [2.05, 4.69) is 57.0 Å². The van der Waals surface area contributed by atoms with Crippen LogP contribution in [-0.2, 0) is 6.42 Å². The minimum atomic E-state index is 1.08. The van der Waals surface area contributed by atoms with Gasteiger partial charge in [-0.1, -0.05) is 44.0 Å².